The van der Waals surface area contributed by atoms with Gasteiger partial charge < -0.3 is 15.4 Å². The Hall–Kier alpha value is -2.56. The van der Waals surface area contributed by atoms with Crippen LogP contribution in [0, 0.1) is 0 Å². The van der Waals surface area contributed by atoms with E-state index < -0.39 is 0 Å². The Balaban J connectivity index is 2.22. The number of methoxy groups -OCH3 is 1. The predicted octanol–water partition coefficient (Wildman–Crippen LogP) is 2.33. The molecule has 0 radical (unpaired) electrons. The summed E-state index contributed by atoms with van der Waals surface area (Å²) in [5.74, 6) is 0.235. The van der Waals surface area contributed by atoms with E-state index in [0.29, 0.717) is 30.2 Å². The fraction of sp³-hybridized carbons (Fsp3) is 0.250. The number of anilines is 1. The van der Waals surface area contributed by atoms with Gasteiger partial charge in [-0.1, -0.05) is 12.1 Å². The van der Waals surface area contributed by atoms with Gasteiger partial charge in [-0.25, -0.2) is 4.98 Å². The van der Waals surface area contributed by atoms with Crippen LogP contribution in [0.25, 0.3) is 0 Å². The fourth-order valence-electron chi connectivity index (χ4n) is 2.13. The average molecular weight is 285 g/mol. The van der Waals surface area contributed by atoms with E-state index in [1.54, 1.807) is 23.2 Å². The summed E-state index contributed by atoms with van der Waals surface area (Å²) in [6, 6.07) is 11.0. The molecule has 0 bridgehead atoms. The highest BCUT2D eigenvalue weighted by Gasteiger charge is 2.19. The van der Waals surface area contributed by atoms with E-state index in [9.17, 15) is 4.79 Å². The molecule has 2 rings (SSSR count). The summed E-state index contributed by atoms with van der Waals surface area (Å²) in [5.41, 5.74) is 7.92. The van der Waals surface area contributed by atoms with Crippen LogP contribution in [0.5, 0.6) is 5.88 Å². The second-order valence-electron chi connectivity index (χ2n) is 4.62. The summed E-state index contributed by atoms with van der Waals surface area (Å²) in [6.07, 6.45) is 1.60. The van der Waals surface area contributed by atoms with Crippen molar-refractivity contribution in [3.63, 3.8) is 0 Å². The molecule has 0 fully saturated rings. The maximum atomic E-state index is 12.6. The van der Waals surface area contributed by atoms with Crippen molar-refractivity contribution < 1.29 is 9.53 Å². The molecule has 0 saturated heterocycles. The number of amides is 1. The quantitative estimate of drug-likeness (QED) is 0.856. The number of carbonyl (C=O) groups excluding carboxylic acids is 1. The van der Waals surface area contributed by atoms with Gasteiger partial charge in [-0.05, 0) is 36.8 Å². The summed E-state index contributed by atoms with van der Waals surface area (Å²) in [4.78, 5) is 18.4. The number of nitrogen functional groups attached to an aromatic ring is 1. The van der Waals surface area contributed by atoms with Crippen molar-refractivity contribution in [2.24, 2.45) is 0 Å². The van der Waals surface area contributed by atoms with Crippen molar-refractivity contribution in [3.8, 4) is 5.88 Å². The number of aromatic nitrogens is 1. The molecular formula is C16H19N3O2. The lowest BCUT2D eigenvalue weighted by atomic mass is 10.1. The van der Waals surface area contributed by atoms with E-state index in [1.165, 1.54) is 7.11 Å². The average Bonchev–Trinajstić information content (AvgIpc) is 2.52. The highest BCUT2D eigenvalue weighted by molar-refractivity contribution is 5.96. The Morgan fingerprint density at radius 1 is 1.33 bits per heavy atom. The third-order valence-corrected chi connectivity index (χ3v) is 3.19. The van der Waals surface area contributed by atoms with Crippen LogP contribution >= 0.6 is 0 Å². The zero-order chi connectivity index (χ0) is 15.2. The minimum Gasteiger partial charge on any atom is -0.480 e. The Bertz CT molecular complexity index is 628. The lowest BCUT2D eigenvalue weighted by Crippen LogP contribution is -2.30. The van der Waals surface area contributed by atoms with Crippen LogP contribution in [0.15, 0.2) is 42.6 Å². The number of nitrogens with zero attached hydrogens (tertiary/aromatic N) is 2. The molecule has 0 spiro atoms. The van der Waals surface area contributed by atoms with Crippen LogP contribution in [-0.4, -0.2) is 29.4 Å². The summed E-state index contributed by atoms with van der Waals surface area (Å²) < 4.78 is 5.15. The van der Waals surface area contributed by atoms with Crippen LogP contribution in [0.4, 0.5) is 5.69 Å². The first kappa shape index (κ1) is 14.8. The first-order valence-electron chi connectivity index (χ1n) is 6.78. The molecule has 0 atom stereocenters. The summed E-state index contributed by atoms with van der Waals surface area (Å²) in [5, 5.41) is 0. The molecule has 1 aromatic heterocycles. The number of benzene rings is 1. The standard InChI is InChI=1S/C16H19N3O2/c1-3-19(11-12-6-4-7-13(17)10-12)16(20)14-8-5-9-18-15(14)21-2/h4-10H,3,11,17H2,1-2H3. The van der Waals surface area contributed by atoms with Crippen molar-refractivity contribution in [1.82, 2.24) is 9.88 Å². The van der Waals surface area contributed by atoms with Gasteiger partial charge in [-0.15, -0.1) is 0 Å². The van der Waals surface area contributed by atoms with E-state index in [4.69, 9.17) is 10.5 Å². The lowest BCUT2D eigenvalue weighted by Gasteiger charge is -2.21. The van der Waals surface area contributed by atoms with Crippen LogP contribution in [0.1, 0.15) is 22.8 Å². The van der Waals surface area contributed by atoms with Crippen LogP contribution in [0.2, 0.25) is 0 Å². The van der Waals surface area contributed by atoms with Gasteiger partial charge in [-0.2, -0.15) is 0 Å². The Kier molecular flexibility index (Phi) is 4.77. The molecule has 0 aliphatic carbocycles. The number of pyridine rings is 1. The second kappa shape index (κ2) is 6.74. The van der Waals surface area contributed by atoms with E-state index in [2.05, 4.69) is 4.98 Å². The molecule has 0 unspecified atom stereocenters. The van der Waals surface area contributed by atoms with E-state index in [-0.39, 0.29) is 5.91 Å². The van der Waals surface area contributed by atoms with E-state index in [0.717, 1.165) is 5.56 Å². The van der Waals surface area contributed by atoms with Crippen LogP contribution in [-0.2, 0) is 6.54 Å². The topological polar surface area (TPSA) is 68.5 Å². The maximum Gasteiger partial charge on any atom is 0.259 e. The highest BCUT2D eigenvalue weighted by atomic mass is 16.5. The fourth-order valence-corrected chi connectivity index (χ4v) is 2.13. The summed E-state index contributed by atoms with van der Waals surface area (Å²) in [6.45, 7) is 3.02. The largest absolute Gasteiger partial charge is 0.480 e. The molecular weight excluding hydrogens is 266 g/mol. The summed E-state index contributed by atoms with van der Waals surface area (Å²) in [7, 11) is 1.51. The zero-order valence-corrected chi connectivity index (χ0v) is 12.2. The third kappa shape index (κ3) is 3.51. The minimum atomic E-state index is -0.107. The van der Waals surface area contributed by atoms with Gasteiger partial charge in [0.2, 0.25) is 5.88 Å². The van der Waals surface area contributed by atoms with Crippen molar-refractivity contribution in [2.45, 2.75) is 13.5 Å². The van der Waals surface area contributed by atoms with E-state index >= 15 is 0 Å². The lowest BCUT2D eigenvalue weighted by molar-refractivity contribution is 0.0748. The van der Waals surface area contributed by atoms with Crippen molar-refractivity contribution in [2.75, 3.05) is 19.4 Å². The van der Waals surface area contributed by atoms with Gasteiger partial charge in [0.05, 0.1) is 7.11 Å². The number of carbonyl (C=O) groups is 1. The molecule has 1 amide bonds. The number of ether oxygens (including phenoxy) is 1. The van der Waals surface area contributed by atoms with Crippen molar-refractivity contribution >= 4 is 11.6 Å². The number of hydrogen-bond acceptors (Lipinski definition) is 4. The zero-order valence-electron chi connectivity index (χ0n) is 12.2. The number of nitrogens with two attached hydrogens (primary N) is 1. The molecule has 1 heterocycles. The van der Waals surface area contributed by atoms with E-state index in [1.807, 2.05) is 31.2 Å². The molecule has 5 heteroatoms. The van der Waals surface area contributed by atoms with Gasteiger partial charge in [0, 0.05) is 25.0 Å². The molecule has 0 aliphatic heterocycles. The molecule has 0 saturated carbocycles. The van der Waals surface area contributed by atoms with Crippen molar-refractivity contribution in [3.05, 3.63) is 53.7 Å². The molecule has 21 heavy (non-hydrogen) atoms. The van der Waals surface area contributed by atoms with Gasteiger partial charge in [0.1, 0.15) is 5.56 Å². The number of rotatable bonds is 5. The maximum absolute atomic E-state index is 12.6. The predicted molar refractivity (Wildman–Crippen MR) is 82.1 cm³/mol. The Morgan fingerprint density at radius 3 is 2.81 bits per heavy atom. The molecule has 0 aliphatic rings. The molecule has 5 nitrogen and oxygen atoms in total. The van der Waals surface area contributed by atoms with Gasteiger partial charge in [-0.3, -0.25) is 4.79 Å². The van der Waals surface area contributed by atoms with Gasteiger partial charge in [0.25, 0.3) is 5.91 Å². The monoisotopic (exact) mass is 285 g/mol. The molecule has 110 valence electrons. The SMILES string of the molecule is CCN(Cc1cccc(N)c1)C(=O)c1cccnc1OC. The molecule has 2 N–H and O–H groups in total. The minimum absolute atomic E-state index is 0.107. The summed E-state index contributed by atoms with van der Waals surface area (Å²) >= 11 is 0. The molecule has 2 aromatic rings. The first-order valence-corrected chi connectivity index (χ1v) is 6.78. The Labute approximate surface area is 124 Å². The third-order valence-electron chi connectivity index (χ3n) is 3.19. The van der Waals surface area contributed by atoms with Gasteiger partial charge in [0.15, 0.2) is 0 Å². The normalized spacial score (nSPS) is 10.2. The smallest absolute Gasteiger partial charge is 0.259 e. The molecule has 1 aromatic carbocycles. The van der Waals surface area contributed by atoms with Crippen molar-refractivity contribution in [1.29, 1.82) is 0 Å². The number of hydrogen-bond donors (Lipinski definition) is 1. The van der Waals surface area contributed by atoms with Gasteiger partial charge >= 0.3 is 0 Å². The van der Waals surface area contributed by atoms with Crippen LogP contribution < -0.4 is 10.5 Å². The first-order chi connectivity index (χ1) is 10.2. The van der Waals surface area contributed by atoms with Crippen LogP contribution in [0.3, 0.4) is 0 Å². The highest BCUT2D eigenvalue weighted by Crippen LogP contribution is 2.18. The Morgan fingerprint density at radius 2 is 2.14 bits per heavy atom. The second-order valence-corrected chi connectivity index (χ2v) is 4.62.